The number of hydrogen-bond donors (Lipinski definition) is 1. The van der Waals surface area contributed by atoms with Crippen molar-refractivity contribution in [2.45, 2.75) is 52.1 Å². The fourth-order valence-electron chi connectivity index (χ4n) is 1.55. The van der Waals surface area contributed by atoms with E-state index in [0.29, 0.717) is 6.04 Å². The van der Waals surface area contributed by atoms with Crippen LogP contribution in [0.1, 0.15) is 46.6 Å². The molecule has 1 atom stereocenters. The Bertz CT molecular complexity index is 314. The van der Waals surface area contributed by atoms with Crippen molar-refractivity contribution in [3.05, 3.63) is 16.0 Å². The van der Waals surface area contributed by atoms with E-state index in [1.54, 1.807) is 0 Å². The molecular weight excluding hydrogens is 313 g/mol. The van der Waals surface area contributed by atoms with Crippen LogP contribution >= 0.6 is 22.6 Å². The number of hydrogen-bond acceptors (Lipinski definition) is 2. The Hall–Kier alpha value is -0.100. The van der Waals surface area contributed by atoms with Gasteiger partial charge in [0, 0.05) is 17.8 Å². The lowest BCUT2D eigenvalue weighted by Gasteiger charge is -2.21. The van der Waals surface area contributed by atoms with Crippen LogP contribution in [0.2, 0.25) is 0 Å². The maximum Gasteiger partial charge on any atom is 0.0623 e. The summed E-state index contributed by atoms with van der Waals surface area (Å²) in [6.07, 6.45) is 6.36. The number of nitrogens with zero attached hydrogens (tertiary/aromatic N) is 2. The molecule has 0 aliphatic carbocycles. The first kappa shape index (κ1) is 14.0. The highest BCUT2D eigenvalue weighted by atomic mass is 127. The summed E-state index contributed by atoms with van der Waals surface area (Å²) in [5, 5.41) is 7.83. The molecular formula is C12H22IN3. The molecule has 1 aromatic rings. The second-order valence-corrected chi connectivity index (χ2v) is 6.55. The van der Waals surface area contributed by atoms with Crippen LogP contribution in [0, 0.1) is 3.57 Å². The molecule has 1 aromatic heterocycles. The fraction of sp³-hybridized carbons (Fsp3) is 0.750. The van der Waals surface area contributed by atoms with E-state index in [1.165, 1.54) is 16.4 Å². The van der Waals surface area contributed by atoms with Gasteiger partial charge in [0.1, 0.15) is 0 Å². The molecule has 0 saturated carbocycles. The number of nitrogens with one attached hydrogen (secondary N) is 1. The average Bonchev–Trinajstić information content (AvgIpc) is 2.57. The monoisotopic (exact) mass is 335 g/mol. The van der Waals surface area contributed by atoms with E-state index >= 15 is 0 Å². The number of rotatable bonds is 5. The van der Waals surface area contributed by atoms with Gasteiger partial charge in [-0.25, -0.2) is 0 Å². The van der Waals surface area contributed by atoms with Gasteiger partial charge in [-0.3, -0.25) is 4.68 Å². The van der Waals surface area contributed by atoms with Crippen molar-refractivity contribution >= 4 is 22.6 Å². The molecule has 1 unspecified atom stereocenters. The Balaban J connectivity index is 2.23. The topological polar surface area (TPSA) is 29.9 Å². The van der Waals surface area contributed by atoms with Crippen LogP contribution in [-0.4, -0.2) is 21.9 Å². The van der Waals surface area contributed by atoms with Gasteiger partial charge in [0.15, 0.2) is 0 Å². The normalized spacial score (nSPS) is 14.1. The summed E-state index contributed by atoms with van der Waals surface area (Å²) in [7, 11) is 0. The zero-order valence-corrected chi connectivity index (χ0v) is 12.8. The van der Waals surface area contributed by atoms with Crippen molar-refractivity contribution in [2.24, 2.45) is 0 Å². The molecule has 0 spiro atoms. The van der Waals surface area contributed by atoms with Gasteiger partial charge in [0.05, 0.1) is 9.77 Å². The zero-order valence-electron chi connectivity index (χ0n) is 10.6. The van der Waals surface area contributed by atoms with Crippen molar-refractivity contribution in [3.8, 4) is 0 Å². The van der Waals surface area contributed by atoms with Crippen molar-refractivity contribution in [2.75, 3.05) is 6.54 Å². The molecule has 0 aliphatic rings. The molecule has 0 aromatic carbocycles. The quantitative estimate of drug-likeness (QED) is 0.661. The summed E-state index contributed by atoms with van der Waals surface area (Å²) in [6, 6.07) is 0.491. The molecule has 16 heavy (non-hydrogen) atoms. The molecule has 1 N–H and O–H groups in total. The van der Waals surface area contributed by atoms with Crippen LogP contribution in [0.5, 0.6) is 0 Å². The maximum atomic E-state index is 4.33. The van der Waals surface area contributed by atoms with Crippen molar-refractivity contribution in [1.29, 1.82) is 0 Å². The summed E-state index contributed by atoms with van der Waals surface area (Å²) >= 11 is 2.29. The first-order chi connectivity index (χ1) is 7.38. The first-order valence-corrected chi connectivity index (χ1v) is 6.91. The minimum absolute atomic E-state index is 0.227. The second-order valence-electron chi connectivity index (χ2n) is 5.31. The van der Waals surface area contributed by atoms with E-state index in [0.717, 1.165) is 6.54 Å². The van der Waals surface area contributed by atoms with E-state index in [-0.39, 0.29) is 5.54 Å². The Labute approximate surface area is 112 Å². The highest BCUT2D eigenvalue weighted by Crippen LogP contribution is 2.13. The third-order valence-electron chi connectivity index (χ3n) is 2.48. The van der Waals surface area contributed by atoms with Gasteiger partial charge >= 0.3 is 0 Å². The Morgan fingerprint density at radius 2 is 2.19 bits per heavy atom. The number of aromatic nitrogens is 2. The van der Waals surface area contributed by atoms with Gasteiger partial charge < -0.3 is 5.32 Å². The Kier molecular flexibility index (Phi) is 5.24. The molecule has 1 heterocycles. The van der Waals surface area contributed by atoms with E-state index in [9.17, 15) is 0 Å². The first-order valence-electron chi connectivity index (χ1n) is 5.83. The molecule has 92 valence electrons. The molecule has 0 radical (unpaired) electrons. The van der Waals surface area contributed by atoms with Crippen LogP contribution in [0.15, 0.2) is 12.4 Å². The second kappa shape index (κ2) is 6.00. The lowest BCUT2D eigenvalue weighted by Crippen LogP contribution is -2.36. The third-order valence-corrected chi connectivity index (χ3v) is 3.03. The van der Waals surface area contributed by atoms with E-state index in [1.807, 2.05) is 6.20 Å². The SMILES string of the molecule is CC(CCCNC(C)(C)C)n1cc(I)cn1. The Morgan fingerprint density at radius 1 is 1.50 bits per heavy atom. The van der Waals surface area contributed by atoms with Gasteiger partial charge in [-0.1, -0.05) is 0 Å². The van der Waals surface area contributed by atoms with E-state index < -0.39 is 0 Å². The summed E-state index contributed by atoms with van der Waals surface area (Å²) in [5.41, 5.74) is 0.227. The molecule has 0 bridgehead atoms. The molecule has 0 aliphatic heterocycles. The van der Waals surface area contributed by atoms with Crippen molar-refractivity contribution in [1.82, 2.24) is 15.1 Å². The predicted molar refractivity (Wildman–Crippen MR) is 76.6 cm³/mol. The molecule has 4 heteroatoms. The summed E-state index contributed by atoms with van der Waals surface area (Å²) in [5.74, 6) is 0. The summed E-state index contributed by atoms with van der Waals surface area (Å²) in [4.78, 5) is 0. The van der Waals surface area contributed by atoms with Gasteiger partial charge in [-0.05, 0) is 69.7 Å². The van der Waals surface area contributed by atoms with Crippen LogP contribution in [0.3, 0.4) is 0 Å². The fourth-order valence-corrected chi connectivity index (χ4v) is 1.96. The lowest BCUT2D eigenvalue weighted by atomic mass is 10.1. The third kappa shape index (κ3) is 5.30. The largest absolute Gasteiger partial charge is 0.312 e. The molecule has 0 amide bonds. The highest BCUT2D eigenvalue weighted by Gasteiger charge is 2.09. The van der Waals surface area contributed by atoms with Crippen LogP contribution in [-0.2, 0) is 0 Å². The van der Waals surface area contributed by atoms with E-state index in [4.69, 9.17) is 0 Å². The minimum Gasteiger partial charge on any atom is -0.312 e. The zero-order chi connectivity index (χ0) is 12.2. The molecule has 0 fully saturated rings. The summed E-state index contributed by atoms with van der Waals surface area (Å²) < 4.78 is 3.26. The van der Waals surface area contributed by atoms with Crippen molar-refractivity contribution in [3.63, 3.8) is 0 Å². The molecule has 1 rings (SSSR count). The highest BCUT2D eigenvalue weighted by molar-refractivity contribution is 14.1. The van der Waals surface area contributed by atoms with Gasteiger partial charge in [0.25, 0.3) is 0 Å². The van der Waals surface area contributed by atoms with Gasteiger partial charge in [-0.2, -0.15) is 5.10 Å². The average molecular weight is 335 g/mol. The smallest absolute Gasteiger partial charge is 0.0623 e. The van der Waals surface area contributed by atoms with Gasteiger partial charge in [-0.15, -0.1) is 0 Å². The van der Waals surface area contributed by atoms with E-state index in [2.05, 4.69) is 71.6 Å². The predicted octanol–water partition coefficient (Wildman–Crippen LogP) is 3.22. The Morgan fingerprint density at radius 3 is 2.69 bits per heavy atom. The van der Waals surface area contributed by atoms with Gasteiger partial charge in [0.2, 0.25) is 0 Å². The van der Waals surface area contributed by atoms with Crippen molar-refractivity contribution < 1.29 is 0 Å². The van der Waals surface area contributed by atoms with Crippen LogP contribution < -0.4 is 5.32 Å². The number of halogens is 1. The maximum absolute atomic E-state index is 4.33. The standard InChI is InChI=1S/C12H22IN3/c1-10(16-9-11(13)8-15-16)6-5-7-14-12(2,3)4/h8-10,14H,5-7H2,1-4H3. The lowest BCUT2D eigenvalue weighted by molar-refractivity contribution is 0.390. The minimum atomic E-state index is 0.227. The van der Waals surface area contributed by atoms with Crippen LogP contribution in [0.4, 0.5) is 0 Å². The molecule has 0 saturated heterocycles. The molecule has 3 nitrogen and oxygen atoms in total. The summed E-state index contributed by atoms with van der Waals surface area (Å²) in [6.45, 7) is 9.90. The van der Waals surface area contributed by atoms with Crippen LogP contribution in [0.25, 0.3) is 0 Å².